The summed E-state index contributed by atoms with van der Waals surface area (Å²) >= 11 is 0. The number of hydrogen-bond donors (Lipinski definition) is 2. The summed E-state index contributed by atoms with van der Waals surface area (Å²) in [4.78, 5) is -0.117. The molecule has 5 nitrogen and oxygen atoms in total. The number of halogens is 1. The zero-order chi connectivity index (χ0) is 15.5. The molecule has 1 aliphatic carbocycles. The molecule has 0 aliphatic heterocycles. The molecule has 1 aliphatic rings. The average Bonchev–Trinajstić information content (AvgIpc) is 2.48. The first-order valence-corrected chi connectivity index (χ1v) is 8.58. The summed E-state index contributed by atoms with van der Waals surface area (Å²) in [5, 5.41) is 9.18. The fourth-order valence-electron chi connectivity index (χ4n) is 2.77. The Labute approximate surface area is 124 Å². The van der Waals surface area contributed by atoms with Crippen molar-refractivity contribution in [1.82, 2.24) is 4.31 Å². The Morgan fingerprint density at radius 2 is 1.95 bits per heavy atom. The highest BCUT2D eigenvalue weighted by Crippen LogP contribution is 2.28. The molecule has 0 unspecified atom stereocenters. The summed E-state index contributed by atoms with van der Waals surface area (Å²) < 4.78 is 40.2. The van der Waals surface area contributed by atoms with Crippen LogP contribution in [0.3, 0.4) is 0 Å². The van der Waals surface area contributed by atoms with Gasteiger partial charge in [0.15, 0.2) is 0 Å². The topological polar surface area (TPSA) is 83.6 Å². The lowest BCUT2D eigenvalue weighted by molar-refractivity contribution is 0.199. The minimum absolute atomic E-state index is 0.0268. The van der Waals surface area contributed by atoms with Crippen LogP contribution in [0.15, 0.2) is 23.1 Å². The summed E-state index contributed by atoms with van der Waals surface area (Å²) in [5.74, 6) is -0.747. The van der Waals surface area contributed by atoms with Crippen LogP contribution in [-0.2, 0) is 10.0 Å². The van der Waals surface area contributed by atoms with E-state index in [1.807, 2.05) is 0 Å². The van der Waals surface area contributed by atoms with Gasteiger partial charge in [-0.25, -0.2) is 12.8 Å². The number of aliphatic hydroxyl groups excluding tert-OH is 1. The molecule has 0 bridgehead atoms. The minimum atomic E-state index is -3.82. The van der Waals surface area contributed by atoms with E-state index in [0.29, 0.717) is 0 Å². The van der Waals surface area contributed by atoms with Crippen molar-refractivity contribution in [3.63, 3.8) is 0 Å². The van der Waals surface area contributed by atoms with Crippen LogP contribution in [0.5, 0.6) is 0 Å². The van der Waals surface area contributed by atoms with E-state index in [9.17, 15) is 17.9 Å². The van der Waals surface area contributed by atoms with E-state index in [1.54, 1.807) is 0 Å². The van der Waals surface area contributed by atoms with Crippen LogP contribution in [-0.4, -0.2) is 37.0 Å². The zero-order valence-electron chi connectivity index (χ0n) is 11.8. The first kappa shape index (κ1) is 16.2. The standard InChI is InChI=1S/C14H21FN2O3S/c15-13-10-12(6-7-14(13)16)21(19,20)17(8-9-18)11-4-2-1-3-5-11/h6-7,10-11,18H,1-5,8-9,16H2. The van der Waals surface area contributed by atoms with Crippen molar-refractivity contribution in [2.75, 3.05) is 18.9 Å². The van der Waals surface area contributed by atoms with Crippen molar-refractivity contribution in [3.05, 3.63) is 24.0 Å². The van der Waals surface area contributed by atoms with Gasteiger partial charge in [-0.3, -0.25) is 0 Å². The molecule has 1 aromatic carbocycles. The number of nitrogens with zero attached hydrogens (tertiary/aromatic N) is 1. The van der Waals surface area contributed by atoms with Crippen molar-refractivity contribution in [2.45, 2.75) is 43.0 Å². The van der Waals surface area contributed by atoms with Gasteiger partial charge in [-0.1, -0.05) is 19.3 Å². The van der Waals surface area contributed by atoms with Crippen LogP contribution in [0.2, 0.25) is 0 Å². The van der Waals surface area contributed by atoms with E-state index < -0.39 is 15.8 Å². The van der Waals surface area contributed by atoms with Gasteiger partial charge in [0.1, 0.15) is 5.82 Å². The highest BCUT2D eigenvalue weighted by Gasteiger charge is 2.32. The molecule has 1 aromatic rings. The molecule has 0 atom stereocenters. The van der Waals surface area contributed by atoms with Gasteiger partial charge < -0.3 is 10.8 Å². The number of sulfonamides is 1. The zero-order valence-corrected chi connectivity index (χ0v) is 12.7. The van der Waals surface area contributed by atoms with Crippen LogP contribution in [0.1, 0.15) is 32.1 Å². The van der Waals surface area contributed by atoms with E-state index in [2.05, 4.69) is 0 Å². The molecule has 1 fully saturated rings. The smallest absolute Gasteiger partial charge is 0.243 e. The van der Waals surface area contributed by atoms with Gasteiger partial charge in [0.05, 0.1) is 17.2 Å². The number of nitrogens with two attached hydrogens (primary N) is 1. The van der Waals surface area contributed by atoms with Crippen molar-refractivity contribution in [1.29, 1.82) is 0 Å². The highest BCUT2D eigenvalue weighted by molar-refractivity contribution is 7.89. The van der Waals surface area contributed by atoms with Gasteiger partial charge in [-0.2, -0.15) is 4.31 Å². The lowest BCUT2D eigenvalue weighted by atomic mass is 9.95. The van der Waals surface area contributed by atoms with Crippen LogP contribution in [0.25, 0.3) is 0 Å². The van der Waals surface area contributed by atoms with Crippen molar-refractivity contribution in [3.8, 4) is 0 Å². The molecule has 0 spiro atoms. The molecule has 0 aromatic heterocycles. The summed E-state index contributed by atoms with van der Waals surface area (Å²) in [7, 11) is -3.82. The number of aliphatic hydroxyl groups is 1. The molecular formula is C14H21FN2O3S. The largest absolute Gasteiger partial charge is 0.396 e. The normalized spacial score (nSPS) is 17.3. The van der Waals surface area contributed by atoms with Gasteiger partial charge >= 0.3 is 0 Å². The maximum Gasteiger partial charge on any atom is 0.243 e. The third-order valence-electron chi connectivity index (χ3n) is 3.88. The SMILES string of the molecule is Nc1ccc(S(=O)(=O)N(CCO)C2CCCCC2)cc1F. The molecule has 118 valence electrons. The van der Waals surface area contributed by atoms with Gasteiger partial charge in [-0.15, -0.1) is 0 Å². The summed E-state index contributed by atoms with van der Waals surface area (Å²) in [6.07, 6.45) is 4.59. The van der Waals surface area contributed by atoms with Gasteiger partial charge in [0.2, 0.25) is 10.0 Å². The van der Waals surface area contributed by atoms with E-state index in [-0.39, 0.29) is 29.8 Å². The number of rotatable bonds is 5. The highest BCUT2D eigenvalue weighted by atomic mass is 32.2. The van der Waals surface area contributed by atoms with Crippen molar-refractivity contribution < 1.29 is 17.9 Å². The molecule has 0 radical (unpaired) electrons. The third kappa shape index (κ3) is 3.53. The lowest BCUT2D eigenvalue weighted by Crippen LogP contribution is -2.43. The maximum atomic E-state index is 13.5. The third-order valence-corrected chi connectivity index (χ3v) is 5.83. The second-order valence-electron chi connectivity index (χ2n) is 5.31. The lowest BCUT2D eigenvalue weighted by Gasteiger charge is -2.33. The number of anilines is 1. The molecule has 2 rings (SSSR count). The van der Waals surface area contributed by atoms with E-state index in [0.717, 1.165) is 38.2 Å². The minimum Gasteiger partial charge on any atom is -0.396 e. The molecule has 0 amide bonds. The second kappa shape index (κ2) is 6.72. The number of hydrogen-bond acceptors (Lipinski definition) is 4. The Morgan fingerprint density at radius 3 is 2.52 bits per heavy atom. The quantitative estimate of drug-likeness (QED) is 0.810. The Morgan fingerprint density at radius 1 is 1.29 bits per heavy atom. The van der Waals surface area contributed by atoms with Crippen LogP contribution >= 0.6 is 0 Å². The van der Waals surface area contributed by atoms with E-state index >= 15 is 0 Å². The fraction of sp³-hybridized carbons (Fsp3) is 0.571. The Hall–Kier alpha value is -1.18. The van der Waals surface area contributed by atoms with Crippen molar-refractivity contribution in [2.24, 2.45) is 0 Å². The summed E-state index contributed by atoms with van der Waals surface area (Å²) in [6, 6.07) is 3.37. The van der Waals surface area contributed by atoms with E-state index in [4.69, 9.17) is 5.73 Å². The van der Waals surface area contributed by atoms with Gasteiger partial charge in [0.25, 0.3) is 0 Å². The van der Waals surface area contributed by atoms with Gasteiger partial charge in [0, 0.05) is 12.6 Å². The molecule has 21 heavy (non-hydrogen) atoms. The molecule has 7 heteroatoms. The maximum absolute atomic E-state index is 13.5. The molecule has 0 heterocycles. The Balaban J connectivity index is 2.34. The van der Waals surface area contributed by atoms with E-state index in [1.165, 1.54) is 16.4 Å². The van der Waals surface area contributed by atoms with Crippen LogP contribution in [0, 0.1) is 5.82 Å². The number of nitrogen functional groups attached to an aromatic ring is 1. The molecule has 1 saturated carbocycles. The summed E-state index contributed by atoms with van der Waals surface area (Å²) in [5.41, 5.74) is 5.30. The first-order chi connectivity index (χ1) is 9.96. The predicted octanol–water partition coefficient (Wildman–Crippen LogP) is 1.72. The molecule has 0 saturated heterocycles. The Kier molecular flexibility index (Phi) is 5.18. The van der Waals surface area contributed by atoms with Crippen LogP contribution < -0.4 is 5.73 Å². The average molecular weight is 316 g/mol. The first-order valence-electron chi connectivity index (χ1n) is 7.14. The summed E-state index contributed by atoms with van der Waals surface area (Å²) in [6.45, 7) is -0.230. The second-order valence-corrected chi connectivity index (χ2v) is 7.21. The fourth-order valence-corrected chi connectivity index (χ4v) is 4.46. The number of benzene rings is 1. The Bertz CT molecular complexity index is 586. The predicted molar refractivity (Wildman–Crippen MR) is 78.7 cm³/mol. The van der Waals surface area contributed by atoms with Crippen LogP contribution in [0.4, 0.5) is 10.1 Å². The monoisotopic (exact) mass is 316 g/mol. The van der Waals surface area contributed by atoms with Gasteiger partial charge in [-0.05, 0) is 31.0 Å². The molecular weight excluding hydrogens is 295 g/mol. The van der Waals surface area contributed by atoms with Crippen molar-refractivity contribution >= 4 is 15.7 Å². The molecule has 3 N–H and O–H groups in total.